The average Bonchev–Trinajstić information content (AvgIpc) is 2.66. The molecule has 2 aromatic carbocycles. The van der Waals surface area contributed by atoms with Gasteiger partial charge in [0.15, 0.2) is 0 Å². The van der Waals surface area contributed by atoms with Crippen LogP contribution in [0.5, 0.6) is 5.75 Å². The predicted octanol–water partition coefficient (Wildman–Crippen LogP) is 4.47. The minimum Gasteiger partial charge on any atom is -0.494 e. The highest BCUT2D eigenvalue weighted by Crippen LogP contribution is 2.32. The maximum atomic E-state index is 11.5. The molecule has 1 heterocycles. The molecule has 4 N–H and O–H groups in total. The number of aryl methyl sites for hydroxylation is 2. The molecule has 0 amide bonds. The first kappa shape index (κ1) is 19.9. The van der Waals surface area contributed by atoms with Crippen LogP contribution in [0.15, 0.2) is 42.5 Å². The van der Waals surface area contributed by atoms with Crippen LogP contribution in [0.1, 0.15) is 18.1 Å². The fourth-order valence-corrected chi connectivity index (χ4v) is 2.68. The van der Waals surface area contributed by atoms with Crippen LogP contribution in [0.2, 0.25) is 0 Å². The Labute approximate surface area is 168 Å². The number of anilines is 5. The first-order valence-corrected chi connectivity index (χ1v) is 9.03. The summed E-state index contributed by atoms with van der Waals surface area (Å²) in [4.78, 5) is 19.2. The zero-order chi connectivity index (χ0) is 21.0. The van der Waals surface area contributed by atoms with Gasteiger partial charge in [0.25, 0.3) is 0 Å². The number of nitrogens with zero attached hydrogens (tertiary/aromatic N) is 3. The number of hydrogen-bond donors (Lipinski definition) is 3. The van der Waals surface area contributed by atoms with Crippen molar-refractivity contribution in [2.75, 3.05) is 23.0 Å². The van der Waals surface area contributed by atoms with Gasteiger partial charge in [0.2, 0.25) is 17.6 Å². The van der Waals surface area contributed by atoms with Crippen molar-refractivity contribution >= 4 is 34.6 Å². The summed E-state index contributed by atoms with van der Waals surface area (Å²) >= 11 is 0. The zero-order valence-corrected chi connectivity index (χ0v) is 16.4. The number of benzene rings is 2. The number of nitrogens with one attached hydrogen (secondary N) is 2. The summed E-state index contributed by atoms with van der Waals surface area (Å²) in [5.41, 5.74) is 9.01. The van der Waals surface area contributed by atoms with Gasteiger partial charge in [0, 0.05) is 11.4 Å². The molecule has 0 spiro atoms. The average molecular weight is 394 g/mol. The Morgan fingerprint density at radius 3 is 2.34 bits per heavy atom. The molecule has 29 heavy (non-hydrogen) atoms. The molecule has 0 fully saturated rings. The molecule has 0 aliphatic rings. The van der Waals surface area contributed by atoms with E-state index in [4.69, 9.17) is 10.5 Å². The first-order valence-electron chi connectivity index (χ1n) is 9.03. The third-order valence-corrected chi connectivity index (χ3v) is 4.28. The summed E-state index contributed by atoms with van der Waals surface area (Å²) in [5.74, 6) is 0.659. The summed E-state index contributed by atoms with van der Waals surface area (Å²) < 4.78 is 5.41. The monoisotopic (exact) mass is 394 g/mol. The van der Waals surface area contributed by atoms with Crippen LogP contribution >= 0.6 is 0 Å². The Morgan fingerprint density at radius 2 is 1.72 bits per heavy atom. The van der Waals surface area contributed by atoms with Crippen molar-refractivity contribution in [3.05, 3.63) is 63.7 Å². The van der Waals surface area contributed by atoms with Crippen molar-refractivity contribution in [1.29, 1.82) is 0 Å². The van der Waals surface area contributed by atoms with Crippen LogP contribution in [0.3, 0.4) is 0 Å². The van der Waals surface area contributed by atoms with Gasteiger partial charge in [-0.15, -0.1) is 0 Å². The Balaban J connectivity index is 1.92. The second kappa shape index (κ2) is 8.42. The first-order chi connectivity index (χ1) is 13.9. The Bertz CT molecular complexity index is 1040. The Kier molecular flexibility index (Phi) is 5.77. The minimum absolute atomic E-state index is 0.0131. The molecule has 0 saturated heterocycles. The molecule has 150 valence electrons. The molecule has 0 atom stereocenters. The number of nitrogens with two attached hydrogens (primary N) is 1. The van der Waals surface area contributed by atoms with Crippen LogP contribution < -0.4 is 21.1 Å². The molecule has 0 aliphatic carbocycles. The normalized spacial score (nSPS) is 10.4. The van der Waals surface area contributed by atoms with E-state index in [0.717, 1.165) is 16.9 Å². The molecular weight excluding hydrogens is 372 g/mol. The van der Waals surface area contributed by atoms with Gasteiger partial charge in [-0.1, -0.05) is 6.07 Å². The Hall–Kier alpha value is -3.88. The molecule has 9 nitrogen and oxygen atoms in total. The second-order valence-electron chi connectivity index (χ2n) is 6.39. The summed E-state index contributed by atoms with van der Waals surface area (Å²) in [6.07, 6.45) is 0. The molecule has 0 bridgehead atoms. The molecule has 0 saturated carbocycles. The van der Waals surface area contributed by atoms with Gasteiger partial charge in [0.05, 0.1) is 11.5 Å². The second-order valence-corrected chi connectivity index (χ2v) is 6.39. The van der Waals surface area contributed by atoms with E-state index < -0.39 is 4.92 Å². The highest BCUT2D eigenvalue weighted by atomic mass is 16.6. The van der Waals surface area contributed by atoms with Crippen LogP contribution in [-0.4, -0.2) is 21.5 Å². The van der Waals surface area contributed by atoms with Crippen molar-refractivity contribution in [2.24, 2.45) is 0 Å². The maximum absolute atomic E-state index is 11.5. The summed E-state index contributed by atoms with van der Waals surface area (Å²) in [6, 6.07) is 12.8. The van der Waals surface area contributed by atoms with Crippen LogP contribution in [0, 0.1) is 24.0 Å². The van der Waals surface area contributed by atoms with E-state index in [1.54, 1.807) is 24.3 Å². The van der Waals surface area contributed by atoms with E-state index in [0.29, 0.717) is 18.0 Å². The summed E-state index contributed by atoms with van der Waals surface area (Å²) in [6.45, 7) is 6.43. The number of aromatic nitrogens is 2. The topological polar surface area (TPSA) is 128 Å². The molecule has 9 heteroatoms. The molecule has 1 aromatic heterocycles. The third-order valence-electron chi connectivity index (χ3n) is 4.28. The highest BCUT2D eigenvalue weighted by Gasteiger charge is 2.23. The van der Waals surface area contributed by atoms with E-state index in [1.807, 2.05) is 39.0 Å². The van der Waals surface area contributed by atoms with E-state index in [9.17, 15) is 10.1 Å². The SMILES string of the molecule is CCOc1ccc(Nc2nc(N)c([N+](=O)[O-])c(Nc3ccc(C)c(C)c3)n2)cc1. The van der Waals surface area contributed by atoms with Crippen LogP contribution in [0.4, 0.5) is 34.6 Å². The molecule has 3 rings (SSSR count). The lowest BCUT2D eigenvalue weighted by atomic mass is 10.1. The van der Waals surface area contributed by atoms with Crippen molar-refractivity contribution in [1.82, 2.24) is 9.97 Å². The van der Waals surface area contributed by atoms with Gasteiger partial charge in [-0.2, -0.15) is 9.97 Å². The van der Waals surface area contributed by atoms with E-state index in [1.165, 1.54) is 0 Å². The number of nitro groups is 1. The quantitative estimate of drug-likeness (QED) is 0.395. The van der Waals surface area contributed by atoms with Gasteiger partial charge in [-0.05, 0) is 68.3 Å². The van der Waals surface area contributed by atoms with Gasteiger partial charge in [-0.3, -0.25) is 10.1 Å². The van der Waals surface area contributed by atoms with Gasteiger partial charge < -0.3 is 21.1 Å². The number of rotatable bonds is 7. The highest BCUT2D eigenvalue weighted by molar-refractivity contribution is 5.75. The lowest BCUT2D eigenvalue weighted by Crippen LogP contribution is -2.08. The van der Waals surface area contributed by atoms with E-state index in [2.05, 4.69) is 20.6 Å². The van der Waals surface area contributed by atoms with Crippen LogP contribution in [0.25, 0.3) is 0 Å². The third kappa shape index (κ3) is 4.70. The van der Waals surface area contributed by atoms with Crippen molar-refractivity contribution in [2.45, 2.75) is 20.8 Å². The van der Waals surface area contributed by atoms with Crippen molar-refractivity contribution in [3.8, 4) is 5.75 Å². The lowest BCUT2D eigenvalue weighted by molar-refractivity contribution is -0.383. The molecule has 3 aromatic rings. The smallest absolute Gasteiger partial charge is 0.353 e. The largest absolute Gasteiger partial charge is 0.494 e. The van der Waals surface area contributed by atoms with E-state index >= 15 is 0 Å². The molecule has 0 radical (unpaired) electrons. The van der Waals surface area contributed by atoms with Gasteiger partial charge >= 0.3 is 5.69 Å². The van der Waals surface area contributed by atoms with Crippen LogP contribution in [-0.2, 0) is 0 Å². The maximum Gasteiger partial charge on any atom is 0.353 e. The van der Waals surface area contributed by atoms with Gasteiger partial charge in [0.1, 0.15) is 5.75 Å². The minimum atomic E-state index is -0.598. The fourth-order valence-electron chi connectivity index (χ4n) is 2.68. The summed E-state index contributed by atoms with van der Waals surface area (Å²) in [7, 11) is 0. The van der Waals surface area contributed by atoms with Crippen molar-refractivity contribution in [3.63, 3.8) is 0 Å². The predicted molar refractivity (Wildman–Crippen MR) is 113 cm³/mol. The zero-order valence-electron chi connectivity index (χ0n) is 16.4. The summed E-state index contributed by atoms with van der Waals surface area (Å²) in [5, 5.41) is 17.5. The lowest BCUT2D eigenvalue weighted by Gasteiger charge is -2.12. The molecular formula is C20H22N6O3. The fraction of sp³-hybridized carbons (Fsp3) is 0.200. The standard InChI is InChI=1S/C20H22N6O3/c1-4-29-16-9-7-14(8-10-16)23-20-24-18(21)17(26(27)28)19(25-20)22-15-6-5-12(2)13(3)11-15/h5-11H,4H2,1-3H3,(H4,21,22,23,24,25). The van der Waals surface area contributed by atoms with E-state index in [-0.39, 0.29) is 23.3 Å². The molecule has 0 unspecified atom stereocenters. The Morgan fingerprint density at radius 1 is 1.03 bits per heavy atom. The number of nitrogen functional groups attached to an aromatic ring is 1. The van der Waals surface area contributed by atoms with Crippen molar-refractivity contribution < 1.29 is 9.66 Å². The molecule has 0 aliphatic heterocycles. The number of ether oxygens (including phenoxy) is 1. The number of hydrogen-bond acceptors (Lipinski definition) is 8. The van der Waals surface area contributed by atoms with Gasteiger partial charge in [-0.25, -0.2) is 0 Å².